The van der Waals surface area contributed by atoms with Crippen molar-refractivity contribution < 1.29 is 39.6 Å². The Kier molecular flexibility index (Phi) is 4.55. The lowest BCUT2D eigenvalue weighted by Crippen LogP contribution is -2.22. The highest BCUT2D eigenvalue weighted by Crippen LogP contribution is 2.35. The molecule has 0 aliphatic heterocycles. The molecule has 0 amide bonds. The number of carbonyl (C=O) groups is 4. The van der Waals surface area contributed by atoms with E-state index in [9.17, 15) is 39.6 Å². The Morgan fingerprint density at radius 2 is 1.04 bits per heavy atom. The number of aromatic carboxylic acids is 4. The van der Waals surface area contributed by atoms with Gasteiger partial charge in [0.05, 0.1) is 22.3 Å². The van der Waals surface area contributed by atoms with Crippen LogP contribution in [0, 0.1) is 6.92 Å². The van der Waals surface area contributed by atoms with E-state index < -0.39 is 46.1 Å². The van der Waals surface area contributed by atoms with Crippen molar-refractivity contribution in [2.24, 2.45) is 0 Å². The smallest absolute Gasteiger partial charge is 0.337 e. The van der Waals surface area contributed by atoms with Crippen LogP contribution in [0.1, 0.15) is 47.0 Å². The molecule has 0 aromatic heterocycles. The summed E-state index contributed by atoms with van der Waals surface area (Å²) in [6.45, 7) is 1.25. The molecule has 0 bridgehead atoms. The maximum absolute atomic E-state index is 11.7. The minimum Gasteiger partial charge on any atom is -0.478 e. The SMILES string of the molecule is Cc1c(C(=O)O)c(C(=O)O)c(C(=O)O)c(C(=O)O)c1-c1ccccc1. The van der Waals surface area contributed by atoms with E-state index in [2.05, 4.69) is 0 Å². The largest absolute Gasteiger partial charge is 0.478 e. The van der Waals surface area contributed by atoms with Gasteiger partial charge in [0.15, 0.2) is 0 Å². The highest BCUT2D eigenvalue weighted by Gasteiger charge is 2.35. The van der Waals surface area contributed by atoms with E-state index in [-0.39, 0.29) is 16.7 Å². The van der Waals surface area contributed by atoms with Gasteiger partial charge in [-0.2, -0.15) is 0 Å². The van der Waals surface area contributed by atoms with Crippen LogP contribution in [0.3, 0.4) is 0 Å². The molecule has 0 saturated carbocycles. The van der Waals surface area contributed by atoms with Crippen LogP contribution in [0.15, 0.2) is 30.3 Å². The minimum absolute atomic E-state index is 0.140. The Morgan fingerprint density at radius 1 is 0.640 bits per heavy atom. The standard InChI is InChI=1S/C17H12O8/c1-7-9(8-5-3-2-4-6-8)11(15(20)21)13(17(24)25)12(16(22)23)10(7)14(18)19/h2-6H,1H3,(H,18,19)(H,20,21)(H,22,23)(H,24,25). The molecule has 0 heterocycles. The van der Waals surface area contributed by atoms with Gasteiger partial charge < -0.3 is 20.4 Å². The second-order valence-electron chi connectivity index (χ2n) is 5.09. The first-order chi connectivity index (χ1) is 11.7. The molecule has 8 heteroatoms. The fourth-order valence-electron chi connectivity index (χ4n) is 2.75. The summed E-state index contributed by atoms with van der Waals surface area (Å²) in [5, 5.41) is 37.6. The zero-order valence-corrected chi connectivity index (χ0v) is 12.8. The van der Waals surface area contributed by atoms with Gasteiger partial charge in [-0.05, 0) is 18.1 Å². The summed E-state index contributed by atoms with van der Waals surface area (Å²) in [5.74, 6) is -7.00. The monoisotopic (exact) mass is 344 g/mol. The maximum Gasteiger partial charge on any atom is 0.337 e. The lowest BCUT2D eigenvalue weighted by molar-refractivity contribution is 0.0619. The number of hydrogen-bond acceptors (Lipinski definition) is 4. The Morgan fingerprint density at radius 3 is 1.44 bits per heavy atom. The van der Waals surface area contributed by atoms with Crippen molar-refractivity contribution in [3.63, 3.8) is 0 Å². The highest BCUT2D eigenvalue weighted by atomic mass is 16.4. The van der Waals surface area contributed by atoms with E-state index in [1.807, 2.05) is 0 Å². The molecule has 8 nitrogen and oxygen atoms in total. The van der Waals surface area contributed by atoms with Crippen LogP contribution >= 0.6 is 0 Å². The molecule has 2 aromatic carbocycles. The third-order valence-electron chi connectivity index (χ3n) is 3.67. The predicted molar refractivity (Wildman–Crippen MR) is 84.5 cm³/mol. The summed E-state index contributed by atoms with van der Waals surface area (Å²) in [6.07, 6.45) is 0. The van der Waals surface area contributed by atoms with Gasteiger partial charge >= 0.3 is 23.9 Å². The summed E-state index contributed by atoms with van der Waals surface area (Å²) in [4.78, 5) is 46.4. The molecule has 2 rings (SSSR count). The second kappa shape index (κ2) is 6.44. The van der Waals surface area contributed by atoms with Crippen molar-refractivity contribution in [1.82, 2.24) is 0 Å². The quantitative estimate of drug-likeness (QED) is 0.646. The van der Waals surface area contributed by atoms with Crippen LogP contribution in [0.4, 0.5) is 0 Å². The van der Waals surface area contributed by atoms with Gasteiger partial charge in [-0.1, -0.05) is 30.3 Å². The van der Waals surface area contributed by atoms with E-state index in [0.29, 0.717) is 0 Å². The molecule has 25 heavy (non-hydrogen) atoms. The van der Waals surface area contributed by atoms with Crippen molar-refractivity contribution >= 4 is 23.9 Å². The molecule has 0 fully saturated rings. The molecule has 0 aliphatic rings. The van der Waals surface area contributed by atoms with Gasteiger partial charge in [0.25, 0.3) is 0 Å². The zero-order valence-electron chi connectivity index (χ0n) is 12.8. The molecule has 0 saturated heterocycles. The van der Waals surface area contributed by atoms with E-state index in [0.717, 1.165) is 0 Å². The predicted octanol–water partition coefficient (Wildman–Crippen LogP) is 2.45. The lowest BCUT2D eigenvalue weighted by Gasteiger charge is -2.18. The zero-order chi connectivity index (χ0) is 18.9. The van der Waals surface area contributed by atoms with Gasteiger partial charge in [0, 0.05) is 5.56 Å². The van der Waals surface area contributed by atoms with Crippen LogP contribution in [0.2, 0.25) is 0 Å². The lowest BCUT2D eigenvalue weighted by atomic mass is 9.84. The maximum atomic E-state index is 11.7. The molecule has 4 N–H and O–H groups in total. The Labute approximate surface area is 140 Å². The van der Waals surface area contributed by atoms with Crippen molar-refractivity contribution in [3.05, 3.63) is 58.1 Å². The third kappa shape index (κ3) is 2.92. The highest BCUT2D eigenvalue weighted by molar-refractivity contribution is 6.17. The van der Waals surface area contributed by atoms with Gasteiger partial charge in [0.1, 0.15) is 0 Å². The number of benzene rings is 2. The van der Waals surface area contributed by atoms with E-state index in [4.69, 9.17) is 0 Å². The number of carboxylic acids is 4. The number of carboxylic acid groups (broad SMARTS) is 4. The topological polar surface area (TPSA) is 149 Å². The molecular formula is C17H12O8. The molecule has 0 atom stereocenters. The van der Waals surface area contributed by atoms with E-state index >= 15 is 0 Å². The van der Waals surface area contributed by atoms with Crippen molar-refractivity contribution in [1.29, 1.82) is 0 Å². The van der Waals surface area contributed by atoms with Crippen LogP contribution in [-0.2, 0) is 0 Å². The molecule has 0 radical (unpaired) electrons. The van der Waals surface area contributed by atoms with Crippen molar-refractivity contribution in [2.75, 3.05) is 0 Å². The van der Waals surface area contributed by atoms with Crippen LogP contribution in [0.25, 0.3) is 11.1 Å². The van der Waals surface area contributed by atoms with E-state index in [1.54, 1.807) is 18.2 Å². The molecule has 0 aliphatic carbocycles. The molecular weight excluding hydrogens is 332 g/mol. The second-order valence-corrected chi connectivity index (χ2v) is 5.09. The van der Waals surface area contributed by atoms with E-state index in [1.165, 1.54) is 19.1 Å². The van der Waals surface area contributed by atoms with Crippen molar-refractivity contribution in [3.8, 4) is 11.1 Å². The summed E-state index contributed by atoms with van der Waals surface area (Å²) >= 11 is 0. The summed E-state index contributed by atoms with van der Waals surface area (Å²) in [7, 11) is 0. The fraction of sp³-hybridized carbons (Fsp3) is 0.0588. The molecule has 0 spiro atoms. The average Bonchev–Trinajstić information content (AvgIpc) is 2.53. The van der Waals surface area contributed by atoms with Crippen LogP contribution < -0.4 is 0 Å². The van der Waals surface area contributed by atoms with Gasteiger partial charge in [-0.3, -0.25) is 0 Å². The van der Waals surface area contributed by atoms with Crippen LogP contribution in [0.5, 0.6) is 0 Å². The van der Waals surface area contributed by atoms with Gasteiger partial charge in [0.2, 0.25) is 0 Å². The minimum atomic E-state index is -1.84. The average molecular weight is 344 g/mol. The third-order valence-corrected chi connectivity index (χ3v) is 3.67. The molecule has 0 unspecified atom stereocenters. The molecule has 128 valence electrons. The fourth-order valence-corrected chi connectivity index (χ4v) is 2.75. The Bertz CT molecular complexity index is 912. The van der Waals surface area contributed by atoms with Crippen molar-refractivity contribution in [2.45, 2.75) is 6.92 Å². The first-order valence-corrected chi connectivity index (χ1v) is 6.87. The summed E-state index contributed by atoms with van der Waals surface area (Å²) < 4.78 is 0. The van der Waals surface area contributed by atoms with Gasteiger partial charge in [-0.15, -0.1) is 0 Å². The summed E-state index contributed by atoms with van der Waals surface area (Å²) in [6, 6.07) is 7.72. The Balaban J connectivity index is 3.18. The van der Waals surface area contributed by atoms with Gasteiger partial charge in [-0.25, -0.2) is 19.2 Å². The first-order valence-electron chi connectivity index (χ1n) is 6.87. The summed E-state index contributed by atoms with van der Waals surface area (Å²) in [5.41, 5.74) is -3.67. The number of rotatable bonds is 5. The Hall–Kier alpha value is -3.68. The first kappa shape index (κ1) is 17.7. The molecule has 2 aromatic rings. The normalized spacial score (nSPS) is 10.3. The van der Waals surface area contributed by atoms with Crippen LogP contribution in [-0.4, -0.2) is 44.3 Å². The number of hydrogen-bond donors (Lipinski definition) is 4.